The van der Waals surface area contributed by atoms with Gasteiger partial charge in [-0.3, -0.25) is 4.98 Å². The topological polar surface area (TPSA) is 65.4 Å². The number of rotatable bonds is 2. The van der Waals surface area contributed by atoms with E-state index < -0.39 is 7.12 Å². The van der Waals surface area contributed by atoms with Gasteiger partial charge in [0.05, 0.1) is 0 Å². The van der Waals surface area contributed by atoms with Crippen LogP contribution in [-0.4, -0.2) is 28.7 Å². The van der Waals surface area contributed by atoms with E-state index in [1.807, 2.05) is 0 Å². The van der Waals surface area contributed by atoms with Gasteiger partial charge in [-0.1, -0.05) is 6.07 Å². The molecule has 0 aromatic carbocycles. The third kappa shape index (κ3) is 1.95. The molecule has 14 heavy (non-hydrogen) atoms. The molecule has 1 aromatic rings. The van der Waals surface area contributed by atoms with Crippen LogP contribution in [-0.2, 0) is 0 Å². The standard InChI is InChI=1S/C9H13BN2O2/c13-10(14)8-4-7(5-11-6-8)9-2-1-3-12-9/h4-6,9,12-14H,1-3H2/t9-/m0/s1. The lowest BCUT2D eigenvalue weighted by Gasteiger charge is -2.10. The summed E-state index contributed by atoms with van der Waals surface area (Å²) in [5.74, 6) is 0. The van der Waals surface area contributed by atoms with Gasteiger partial charge in [0, 0.05) is 23.9 Å². The molecule has 2 rings (SSSR count). The van der Waals surface area contributed by atoms with E-state index in [4.69, 9.17) is 10.0 Å². The average Bonchev–Trinajstić information content (AvgIpc) is 2.71. The highest BCUT2D eigenvalue weighted by Crippen LogP contribution is 2.21. The van der Waals surface area contributed by atoms with E-state index >= 15 is 0 Å². The van der Waals surface area contributed by atoms with Gasteiger partial charge < -0.3 is 15.4 Å². The summed E-state index contributed by atoms with van der Waals surface area (Å²) in [5, 5.41) is 21.3. The number of nitrogens with one attached hydrogen (secondary N) is 1. The highest BCUT2D eigenvalue weighted by atomic mass is 16.4. The van der Waals surface area contributed by atoms with Crippen molar-refractivity contribution in [2.45, 2.75) is 18.9 Å². The lowest BCUT2D eigenvalue weighted by molar-refractivity contribution is 0.425. The van der Waals surface area contributed by atoms with Gasteiger partial charge in [0.1, 0.15) is 0 Å². The van der Waals surface area contributed by atoms with Crippen molar-refractivity contribution in [3.05, 3.63) is 24.0 Å². The summed E-state index contributed by atoms with van der Waals surface area (Å²) in [6, 6.07) is 2.11. The lowest BCUT2D eigenvalue weighted by Crippen LogP contribution is -2.31. The van der Waals surface area contributed by atoms with E-state index in [9.17, 15) is 0 Å². The molecule has 1 atom stereocenters. The molecule has 1 aromatic heterocycles. The Morgan fingerprint density at radius 1 is 1.43 bits per heavy atom. The molecule has 2 heterocycles. The van der Waals surface area contributed by atoms with Gasteiger partial charge in [0.15, 0.2) is 0 Å². The molecular weight excluding hydrogens is 179 g/mol. The van der Waals surface area contributed by atoms with Crippen LogP contribution in [0.3, 0.4) is 0 Å². The van der Waals surface area contributed by atoms with Gasteiger partial charge in [-0.2, -0.15) is 0 Å². The largest absolute Gasteiger partial charge is 0.490 e. The molecule has 5 heteroatoms. The Labute approximate surface area is 83.1 Å². The number of aromatic nitrogens is 1. The first kappa shape index (κ1) is 9.64. The van der Waals surface area contributed by atoms with E-state index in [-0.39, 0.29) is 0 Å². The normalized spacial score (nSPS) is 21.1. The zero-order valence-electron chi connectivity index (χ0n) is 7.85. The summed E-state index contributed by atoms with van der Waals surface area (Å²) in [5.41, 5.74) is 1.49. The molecule has 0 saturated carbocycles. The third-order valence-corrected chi connectivity index (χ3v) is 2.54. The molecule has 0 radical (unpaired) electrons. The molecule has 3 N–H and O–H groups in total. The fraction of sp³-hybridized carbons (Fsp3) is 0.444. The Kier molecular flexibility index (Phi) is 2.81. The quantitative estimate of drug-likeness (QED) is 0.536. The molecule has 1 aliphatic rings. The van der Waals surface area contributed by atoms with Crippen LogP contribution in [0.15, 0.2) is 18.5 Å². The van der Waals surface area contributed by atoms with Gasteiger partial charge in [-0.25, -0.2) is 0 Å². The second-order valence-corrected chi connectivity index (χ2v) is 3.57. The summed E-state index contributed by atoms with van der Waals surface area (Å²) in [7, 11) is -1.43. The van der Waals surface area contributed by atoms with E-state index in [0.29, 0.717) is 11.5 Å². The molecule has 1 saturated heterocycles. The van der Waals surface area contributed by atoms with E-state index in [2.05, 4.69) is 10.3 Å². The first-order chi connectivity index (χ1) is 6.77. The highest BCUT2D eigenvalue weighted by Gasteiger charge is 2.18. The maximum absolute atomic E-state index is 8.99. The molecule has 4 nitrogen and oxygen atoms in total. The smallest absolute Gasteiger partial charge is 0.423 e. The number of hydrogen-bond donors (Lipinski definition) is 3. The SMILES string of the molecule is OB(O)c1cncc([C@@H]2CCCN2)c1. The summed E-state index contributed by atoms with van der Waals surface area (Å²) in [4.78, 5) is 3.99. The first-order valence-corrected chi connectivity index (χ1v) is 4.82. The van der Waals surface area contributed by atoms with Crippen molar-refractivity contribution in [2.75, 3.05) is 6.54 Å². The second kappa shape index (κ2) is 4.08. The molecule has 0 unspecified atom stereocenters. The third-order valence-electron chi connectivity index (χ3n) is 2.54. The Balaban J connectivity index is 2.21. The Morgan fingerprint density at radius 3 is 2.93 bits per heavy atom. The minimum Gasteiger partial charge on any atom is -0.423 e. The van der Waals surface area contributed by atoms with Crippen LogP contribution in [0.1, 0.15) is 24.4 Å². The van der Waals surface area contributed by atoms with E-state index in [0.717, 1.165) is 24.9 Å². The molecule has 1 fully saturated rings. The molecule has 1 aliphatic heterocycles. The van der Waals surface area contributed by atoms with Crippen molar-refractivity contribution in [1.82, 2.24) is 10.3 Å². The first-order valence-electron chi connectivity index (χ1n) is 4.82. The van der Waals surface area contributed by atoms with Gasteiger partial charge in [-0.05, 0) is 24.9 Å². The molecule has 74 valence electrons. The minimum absolute atomic E-state index is 0.321. The van der Waals surface area contributed by atoms with Crippen molar-refractivity contribution in [1.29, 1.82) is 0 Å². The predicted octanol–water partition coefficient (Wildman–Crippen LogP) is -0.814. The van der Waals surface area contributed by atoms with Crippen LogP contribution in [0, 0.1) is 0 Å². The van der Waals surface area contributed by atoms with Crippen molar-refractivity contribution < 1.29 is 10.0 Å². The van der Waals surface area contributed by atoms with Crippen LogP contribution < -0.4 is 10.8 Å². The van der Waals surface area contributed by atoms with Crippen molar-refractivity contribution in [3.63, 3.8) is 0 Å². The van der Waals surface area contributed by atoms with Gasteiger partial charge in [0.25, 0.3) is 0 Å². The Bertz CT molecular complexity index is 313. The lowest BCUT2D eigenvalue weighted by atomic mass is 9.80. The van der Waals surface area contributed by atoms with Crippen LogP contribution >= 0.6 is 0 Å². The maximum Gasteiger partial charge on any atom is 0.490 e. The molecule has 0 spiro atoms. The van der Waals surface area contributed by atoms with Crippen molar-refractivity contribution in [3.8, 4) is 0 Å². The number of hydrogen-bond acceptors (Lipinski definition) is 4. The Hall–Kier alpha value is -0.905. The highest BCUT2D eigenvalue weighted by molar-refractivity contribution is 6.58. The van der Waals surface area contributed by atoms with Crippen LogP contribution in [0.2, 0.25) is 0 Å². The predicted molar refractivity (Wildman–Crippen MR) is 54.0 cm³/mol. The minimum atomic E-state index is -1.43. The van der Waals surface area contributed by atoms with E-state index in [1.165, 1.54) is 6.20 Å². The number of pyridine rings is 1. The van der Waals surface area contributed by atoms with Crippen molar-refractivity contribution in [2.24, 2.45) is 0 Å². The summed E-state index contributed by atoms with van der Waals surface area (Å²) in [6.07, 6.45) is 5.50. The summed E-state index contributed by atoms with van der Waals surface area (Å²) in [6.45, 7) is 1.02. The van der Waals surface area contributed by atoms with Crippen LogP contribution in [0.5, 0.6) is 0 Å². The summed E-state index contributed by atoms with van der Waals surface area (Å²) >= 11 is 0. The van der Waals surface area contributed by atoms with E-state index in [1.54, 1.807) is 12.3 Å². The molecular formula is C9H13BN2O2. The fourth-order valence-electron chi connectivity index (χ4n) is 1.78. The van der Waals surface area contributed by atoms with Gasteiger partial charge in [-0.15, -0.1) is 0 Å². The second-order valence-electron chi connectivity index (χ2n) is 3.57. The maximum atomic E-state index is 8.99. The monoisotopic (exact) mass is 192 g/mol. The van der Waals surface area contributed by atoms with Crippen LogP contribution in [0.25, 0.3) is 0 Å². The number of nitrogens with zero attached hydrogens (tertiary/aromatic N) is 1. The summed E-state index contributed by atoms with van der Waals surface area (Å²) < 4.78 is 0. The van der Waals surface area contributed by atoms with Crippen molar-refractivity contribution >= 4 is 12.6 Å². The Morgan fingerprint density at radius 2 is 2.29 bits per heavy atom. The van der Waals surface area contributed by atoms with Crippen LogP contribution in [0.4, 0.5) is 0 Å². The molecule has 0 bridgehead atoms. The van der Waals surface area contributed by atoms with Gasteiger partial charge >= 0.3 is 7.12 Å². The zero-order chi connectivity index (χ0) is 9.97. The zero-order valence-corrected chi connectivity index (χ0v) is 7.85. The average molecular weight is 192 g/mol. The molecule has 0 amide bonds. The fourth-order valence-corrected chi connectivity index (χ4v) is 1.78. The van der Waals surface area contributed by atoms with Gasteiger partial charge in [0.2, 0.25) is 0 Å². The molecule has 0 aliphatic carbocycles.